The minimum absolute atomic E-state index is 0.501. The highest BCUT2D eigenvalue weighted by atomic mass is 16.3. The summed E-state index contributed by atoms with van der Waals surface area (Å²) in [6, 6.07) is 0. The van der Waals surface area contributed by atoms with Gasteiger partial charge in [-0.25, -0.2) is 0 Å². The molecule has 2 N–H and O–H groups in total. The predicted octanol–water partition coefficient (Wildman–Crippen LogP) is 1.97. The monoisotopic (exact) mass is 143 g/mol. The van der Waals surface area contributed by atoms with Crippen LogP contribution in [0.3, 0.4) is 0 Å². The maximum atomic E-state index is 9.27. The van der Waals surface area contributed by atoms with Crippen LogP contribution in [0.1, 0.15) is 40.0 Å². The molecule has 0 rings (SSSR count). The first-order chi connectivity index (χ1) is 4.45. The van der Waals surface area contributed by atoms with Crippen molar-refractivity contribution in [3.05, 3.63) is 0 Å². The number of rotatable bonds is 4. The van der Waals surface area contributed by atoms with Crippen molar-refractivity contribution in [1.82, 2.24) is 0 Å². The average Bonchev–Trinajstić information content (AvgIpc) is 1.59. The van der Waals surface area contributed by atoms with Crippen LogP contribution in [0.4, 0.5) is 0 Å². The third kappa shape index (κ3) is 5.76. The normalized spacial score (nSPS) is 11.6. The van der Waals surface area contributed by atoms with Gasteiger partial charge < -0.3 is 10.5 Å². The topological polar surface area (TPSA) is 44.1 Å². The van der Waals surface area contributed by atoms with Gasteiger partial charge in [-0.1, -0.05) is 13.3 Å². The van der Waals surface area contributed by atoms with Gasteiger partial charge in [0.05, 0.1) is 5.60 Å². The van der Waals surface area contributed by atoms with E-state index in [0.29, 0.717) is 12.1 Å². The molecule has 10 heavy (non-hydrogen) atoms. The molecular formula is C8H17NO. The van der Waals surface area contributed by atoms with E-state index in [2.05, 4.69) is 0 Å². The number of aliphatic hydroxyl groups is 1. The molecule has 0 heterocycles. The highest BCUT2D eigenvalue weighted by molar-refractivity contribution is 5.82. The smallest absolute Gasteiger partial charge is 0.0643 e. The molecule has 0 amide bonds. The van der Waals surface area contributed by atoms with E-state index in [0.717, 1.165) is 12.8 Å². The molecule has 2 heteroatoms. The molecule has 0 aliphatic carbocycles. The average molecular weight is 143 g/mol. The van der Waals surface area contributed by atoms with Gasteiger partial charge in [-0.05, 0) is 20.3 Å². The molecule has 60 valence electrons. The summed E-state index contributed by atoms with van der Waals surface area (Å²) in [5.74, 6) is 0. The highest BCUT2D eigenvalue weighted by Crippen LogP contribution is 2.09. The molecule has 0 bridgehead atoms. The Balaban J connectivity index is 3.58. The minimum atomic E-state index is -0.702. The van der Waals surface area contributed by atoms with Crippen molar-refractivity contribution in [3.63, 3.8) is 0 Å². The second-order valence-electron chi connectivity index (χ2n) is 3.34. The highest BCUT2D eigenvalue weighted by Gasteiger charge is 2.14. The lowest BCUT2D eigenvalue weighted by Gasteiger charge is -2.16. The Hall–Kier alpha value is -0.370. The van der Waals surface area contributed by atoms with E-state index < -0.39 is 5.60 Å². The minimum Gasteiger partial charge on any atom is -0.390 e. The summed E-state index contributed by atoms with van der Waals surface area (Å²) < 4.78 is 0. The molecule has 2 nitrogen and oxygen atoms in total. The van der Waals surface area contributed by atoms with Gasteiger partial charge in [-0.15, -0.1) is 0 Å². The fraction of sp³-hybridized carbons (Fsp3) is 0.875. The molecule has 0 aliphatic heterocycles. The Morgan fingerprint density at radius 3 is 2.30 bits per heavy atom. The van der Waals surface area contributed by atoms with Crippen LogP contribution in [-0.4, -0.2) is 16.4 Å². The Kier molecular flexibility index (Phi) is 3.58. The zero-order valence-electron chi connectivity index (χ0n) is 7.07. The van der Waals surface area contributed by atoms with Crippen molar-refractivity contribution in [2.45, 2.75) is 45.6 Å². The fourth-order valence-corrected chi connectivity index (χ4v) is 0.912. The maximum absolute atomic E-state index is 9.27. The third-order valence-corrected chi connectivity index (χ3v) is 1.20. The zero-order chi connectivity index (χ0) is 8.20. The van der Waals surface area contributed by atoms with Crippen molar-refractivity contribution in [3.8, 4) is 0 Å². The third-order valence-electron chi connectivity index (χ3n) is 1.20. The molecule has 0 aliphatic rings. The van der Waals surface area contributed by atoms with Crippen LogP contribution in [0.25, 0.3) is 0 Å². The van der Waals surface area contributed by atoms with Gasteiger partial charge in [-0.3, -0.25) is 0 Å². The van der Waals surface area contributed by atoms with Crippen LogP contribution in [0.2, 0.25) is 0 Å². The second-order valence-corrected chi connectivity index (χ2v) is 3.34. The Bertz CT molecular complexity index is 113. The van der Waals surface area contributed by atoms with Crippen molar-refractivity contribution in [2.75, 3.05) is 0 Å². The van der Waals surface area contributed by atoms with E-state index in [1.165, 1.54) is 0 Å². The summed E-state index contributed by atoms with van der Waals surface area (Å²) in [5.41, 5.74) is -0.0540. The molecule has 0 spiro atoms. The van der Waals surface area contributed by atoms with Gasteiger partial charge in [0.2, 0.25) is 0 Å². The van der Waals surface area contributed by atoms with E-state index in [-0.39, 0.29) is 0 Å². The first kappa shape index (κ1) is 9.63. The van der Waals surface area contributed by atoms with Gasteiger partial charge in [0, 0.05) is 12.1 Å². The zero-order valence-corrected chi connectivity index (χ0v) is 7.07. The standard InChI is InChI=1S/C8H17NO/c1-4-5-7(9)6-8(2,3)10/h9-10H,4-6H2,1-3H3. The lowest BCUT2D eigenvalue weighted by Crippen LogP contribution is -2.22. The fourth-order valence-electron chi connectivity index (χ4n) is 0.912. The first-order valence-electron chi connectivity index (χ1n) is 3.74. The van der Waals surface area contributed by atoms with Gasteiger partial charge in [-0.2, -0.15) is 0 Å². The summed E-state index contributed by atoms with van der Waals surface area (Å²) in [7, 11) is 0. The number of hydrogen-bond acceptors (Lipinski definition) is 2. The van der Waals surface area contributed by atoms with E-state index in [1.54, 1.807) is 13.8 Å². The van der Waals surface area contributed by atoms with Gasteiger partial charge in [0.1, 0.15) is 0 Å². The molecule has 0 aromatic carbocycles. The van der Waals surface area contributed by atoms with Crippen molar-refractivity contribution < 1.29 is 5.11 Å². The second kappa shape index (κ2) is 3.71. The van der Waals surface area contributed by atoms with Crippen LogP contribution in [0.15, 0.2) is 0 Å². The van der Waals surface area contributed by atoms with E-state index in [9.17, 15) is 5.11 Å². The number of nitrogens with one attached hydrogen (secondary N) is 1. The van der Waals surface area contributed by atoms with Crippen molar-refractivity contribution in [1.29, 1.82) is 5.41 Å². The van der Waals surface area contributed by atoms with Crippen molar-refractivity contribution in [2.24, 2.45) is 0 Å². The predicted molar refractivity (Wildman–Crippen MR) is 43.5 cm³/mol. The Labute approximate surface area is 62.8 Å². The van der Waals surface area contributed by atoms with Gasteiger partial charge in [0.25, 0.3) is 0 Å². The molecule has 0 saturated heterocycles. The summed E-state index contributed by atoms with van der Waals surface area (Å²) in [6.07, 6.45) is 2.31. The molecule has 0 aromatic heterocycles. The summed E-state index contributed by atoms with van der Waals surface area (Å²) in [5, 5.41) is 16.7. The quantitative estimate of drug-likeness (QED) is 0.580. The molecule has 0 fully saturated rings. The largest absolute Gasteiger partial charge is 0.390 e. The molecule has 0 aromatic rings. The maximum Gasteiger partial charge on any atom is 0.0643 e. The van der Waals surface area contributed by atoms with Crippen molar-refractivity contribution >= 4 is 5.71 Å². The summed E-state index contributed by atoms with van der Waals surface area (Å²) >= 11 is 0. The first-order valence-corrected chi connectivity index (χ1v) is 3.74. The molecule has 0 saturated carbocycles. The summed E-state index contributed by atoms with van der Waals surface area (Å²) in [4.78, 5) is 0. The Morgan fingerprint density at radius 2 is 2.00 bits per heavy atom. The van der Waals surface area contributed by atoms with E-state index >= 15 is 0 Å². The number of hydrogen-bond donors (Lipinski definition) is 2. The lowest BCUT2D eigenvalue weighted by molar-refractivity contribution is 0.0879. The molecular weight excluding hydrogens is 126 g/mol. The van der Waals surface area contributed by atoms with Crippen LogP contribution in [0, 0.1) is 5.41 Å². The molecule has 0 atom stereocenters. The van der Waals surface area contributed by atoms with Gasteiger partial charge >= 0.3 is 0 Å². The Morgan fingerprint density at radius 1 is 1.50 bits per heavy atom. The molecule has 0 radical (unpaired) electrons. The SMILES string of the molecule is CCCC(=N)CC(C)(C)O. The lowest BCUT2D eigenvalue weighted by atomic mass is 9.99. The summed E-state index contributed by atoms with van der Waals surface area (Å²) in [6.45, 7) is 5.51. The van der Waals surface area contributed by atoms with Crippen LogP contribution in [-0.2, 0) is 0 Å². The van der Waals surface area contributed by atoms with Crippen LogP contribution < -0.4 is 0 Å². The van der Waals surface area contributed by atoms with Gasteiger partial charge in [0.15, 0.2) is 0 Å². The molecule has 0 unspecified atom stereocenters. The van der Waals surface area contributed by atoms with Crippen LogP contribution in [0.5, 0.6) is 0 Å². The van der Waals surface area contributed by atoms with Crippen LogP contribution >= 0.6 is 0 Å². The van der Waals surface area contributed by atoms with E-state index in [4.69, 9.17) is 5.41 Å². The van der Waals surface area contributed by atoms with E-state index in [1.807, 2.05) is 6.92 Å².